The topological polar surface area (TPSA) is 94.0 Å². The minimum absolute atomic E-state index is 0.0247. The molecular weight excluding hydrogens is 436 g/mol. The number of halogens is 2. The lowest BCUT2D eigenvalue weighted by Crippen LogP contribution is -2.08. The Hall–Kier alpha value is -3.88. The highest BCUT2D eigenvalue weighted by atomic mass is 19.2. The number of nitrogens with zero attached hydrogens (tertiary/aromatic N) is 5. The fourth-order valence-electron chi connectivity index (χ4n) is 4.24. The molecule has 1 aliphatic heterocycles. The summed E-state index contributed by atoms with van der Waals surface area (Å²) in [7, 11) is 0. The van der Waals surface area contributed by atoms with E-state index in [9.17, 15) is 8.78 Å². The van der Waals surface area contributed by atoms with Crippen LogP contribution in [0.2, 0.25) is 0 Å². The smallest absolute Gasteiger partial charge is 0.231 e. The summed E-state index contributed by atoms with van der Waals surface area (Å²) < 4.78 is 31.0. The van der Waals surface area contributed by atoms with Crippen LogP contribution in [-0.2, 0) is 6.54 Å². The van der Waals surface area contributed by atoms with E-state index < -0.39 is 11.6 Å². The van der Waals surface area contributed by atoms with Crippen molar-refractivity contribution >= 4 is 34.7 Å². The van der Waals surface area contributed by atoms with E-state index in [1.807, 2.05) is 38.3 Å². The first kappa shape index (κ1) is 21.9. The van der Waals surface area contributed by atoms with Crippen LogP contribution >= 0.6 is 0 Å². The van der Waals surface area contributed by atoms with Crippen LogP contribution in [0.4, 0.5) is 26.2 Å². The van der Waals surface area contributed by atoms with E-state index in [0.29, 0.717) is 28.8 Å². The van der Waals surface area contributed by atoms with Gasteiger partial charge in [0, 0.05) is 23.4 Å². The molecule has 0 unspecified atom stereocenters. The highest BCUT2D eigenvalue weighted by Gasteiger charge is 2.24. The van der Waals surface area contributed by atoms with Gasteiger partial charge < -0.3 is 11.1 Å². The van der Waals surface area contributed by atoms with Gasteiger partial charge in [-0.05, 0) is 37.0 Å². The largest absolute Gasteiger partial charge is 0.383 e. The van der Waals surface area contributed by atoms with Crippen molar-refractivity contribution in [3.05, 3.63) is 58.7 Å². The highest BCUT2D eigenvalue weighted by Crippen LogP contribution is 2.36. The van der Waals surface area contributed by atoms with Crippen molar-refractivity contribution in [2.24, 2.45) is 4.99 Å². The molecule has 7 nitrogen and oxygen atoms in total. The van der Waals surface area contributed by atoms with E-state index in [0.717, 1.165) is 16.7 Å². The number of nitrogens with two attached hydrogens (primary N) is 1. The third-order valence-corrected chi connectivity index (χ3v) is 5.98. The molecule has 0 saturated carbocycles. The maximum Gasteiger partial charge on any atom is 0.231 e. The second-order valence-electron chi connectivity index (χ2n) is 8.98. The Morgan fingerprint density at radius 2 is 1.82 bits per heavy atom. The van der Waals surface area contributed by atoms with E-state index in [2.05, 4.69) is 20.3 Å². The molecule has 0 saturated heterocycles. The van der Waals surface area contributed by atoms with E-state index in [-0.39, 0.29) is 29.4 Å². The molecule has 4 aromatic rings. The van der Waals surface area contributed by atoms with Gasteiger partial charge in [0.15, 0.2) is 17.3 Å². The van der Waals surface area contributed by atoms with Crippen molar-refractivity contribution in [3.63, 3.8) is 0 Å². The van der Waals surface area contributed by atoms with Gasteiger partial charge in [0.05, 0.1) is 17.6 Å². The quantitative estimate of drug-likeness (QED) is 0.396. The second kappa shape index (κ2) is 8.16. The average molecular weight is 462 g/mol. The Kier molecular flexibility index (Phi) is 5.27. The molecule has 174 valence electrons. The van der Waals surface area contributed by atoms with E-state index in [1.54, 1.807) is 24.6 Å². The van der Waals surface area contributed by atoms with Crippen molar-refractivity contribution in [3.8, 4) is 11.3 Å². The van der Waals surface area contributed by atoms with Crippen LogP contribution in [-0.4, -0.2) is 26.0 Å². The second-order valence-corrected chi connectivity index (χ2v) is 8.98. The Bertz CT molecular complexity index is 1450. The lowest BCUT2D eigenvalue weighted by Gasteiger charge is -2.13. The zero-order chi connectivity index (χ0) is 24.1. The molecule has 3 N–H and O–H groups in total. The van der Waals surface area contributed by atoms with Gasteiger partial charge in [-0.3, -0.25) is 4.99 Å². The summed E-state index contributed by atoms with van der Waals surface area (Å²) in [6.07, 6.45) is 1.84. The summed E-state index contributed by atoms with van der Waals surface area (Å²) in [6, 6.07) is 8.99. The first-order valence-corrected chi connectivity index (χ1v) is 11.2. The maximum absolute atomic E-state index is 14.7. The lowest BCUT2D eigenvalue weighted by molar-refractivity contribution is 0.496. The average Bonchev–Trinajstić information content (AvgIpc) is 3.42. The number of aliphatic imine (C=N–C) groups is 1. The van der Waals surface area contributed by atoms with Crippen LogP contribution in [0.3, 0.4) is 0 Å². The predicted octanol–water partition coefficient (Wildman–Crippen LogP) is 5.73. The van der Waals surface area contributed by atoms with E-state index >= 15 is 0 Å². The van der Waals surface area contributed by atoms with E-state index in [4.69, 9.17) is 10.8 Å². The summed E-state index contributed by atoms with van der Waals surface area (Å²) in [4.78, 5) is 13.3. The van der Waals surface area contributed by atoms with Gasteiger partial charge >= 0.3 is 0 Å². The maximum atomic E-state index is 14.7. The Morgan fingerprint density at radius 1 is 1.03 bits per heavy atom. The van der Waals surface area contributed by atoms with Crippen LogP contribution in [0.15, 0.2) is 35.3 Å². The third-order valence-electron chi connectivity index (χ3n) is 5.98. The molecule has 34 heavy (non-hydrogen) atoms. The van der Waals surface area contributed by atoms with Crippen molar-refractivity contribution < 1.29 is 8.78 Å². The van der Waals surface area contributed by atoms with Crippen molar-refractivity contribution in [1.29, 1.82) is 0 Å². The number of anilines is 3. The molecule has 0 atom stereocenters. The van der Waals surface area contributed by atoms with Gasteiger partial charge in [-0.25, -0.2) is 13.5 Å². The first-order valence-electron chi connectivity index (χ1n) is 11.2. The minimum Gasteiger partial charge on any atom is -0.383 e. The summed E-state index contributed by atoms with van der Waals surface area (Å²) >= 11 is 0. The molecule has 5 rings (SSSR count). The Labute approximate surface area is 195 Å². The normalized spacial score (nSPS) is 12.8. The SMILES string of the molecule is CC(C)c1ccc(Nc2nc(N)c3c(-c4cccc5c4C=NC5)nn(C(C)C)c3n2)c(F)c1F. The highest BCUT2D eigenvalue weighted by molar-refractivity contribution is 6.04. The zero-order valence-corrected chi connectivity index (χ0v) is 19.4. The van der Waals surface area contributed by atoms with Crippen LogP contribution in [0.25, 0.3) is 22.3 Å². The third kappa shape index (κ3) is 3.48. The number of nitrogens with one attached hydrogen (secondary N) is 1. The number of benzene rings is 2. The van der Waals surface area contributed by atoms with Gasteiger partial charge in [-0.1, -0.05) is 38.1 Å². The fraction of sp³-hybridized carbons (Fsp3) is 0.280. The monoisotopic (exact) mass is 461 g/mol. The van der Waals surface area contributed by atoms with Gasteiger partial charge in [0.25, 0.3) is 0 Å². The summed E-state index contributed by atoms with van der Waals surface area (Å²) in [5.41, 5.74) is 10.8. The Morgan fingerprint density at radius 3 is 2.56 bits per heavy atom. The number of nitrogen functional groups attached to an aromatic ring is 1. The first-order chi connectivity index (χ1) is 16.3. The Balaban J connectivity index is 1.64. The van der Waals surface area contributed by atoms with Gasteiger partial charge in [0.1, 0.15) is 11.5 Å². The number of hydrogen-bond donors (Lipinski definition) is 2. The zero-order valence-electron chi connectivity index (χ0n) is 19.4. The van der Waals surface area contributed by atoms with Crippen molar-refractivity contribution in [2.75, 3.05) is 11.1 Å². The van der Waals surface area contributed by atoms with Gasteiger partial charge in [-0.15, -0.1) is 0 Å². The molecule has 0 radical (unpaired) electrons. The van der Waals surface area contributed by atoms with Crippen molar-refractivity contribution in [1.82, 2.24) is 19.7 Å². The number of aromatic nitrogens is 4. The van der Waals surface area contributed by atoms with Crippen molar-refractivity contribution in [2.45, 2.75) is 46.2 Å². The lowest BCUT2D eigenvalue weighted by atomic mass is 9.99. The molecule has 0 amide bonds. The fourth-order valence-corrected chi connectivity index (χ4v) is 4.24. The van der Waals surface area contributed by atoms with Crippen LogP contribution in [0, 0.1) is 11.6 Å². The minimum atomic E-state index is -0.981. The van der Waals surface area contributed by atoms with Crippen LogP contribution in [0.5, 0.6) is 0 Å². The molecule has 3 heterocycles. The molecule has 9 heteroatoms. The predicted molar refractivity (Wildman–Crippen MR) is 131 cm³/mol. The molecule has 2 aromatic carbocycles. The molecule has 2 aromatic heterocycles. The molecule has 1 aliphatic rings. The van der Waals surface area contributed by atoms with Crippen LogP contribution in [0.1, 0.15) is 56.3 Å². The molecule has 0 bridgehead atoms. The number of fused-ring (bicyclic) bond motifs is 2. The summed E-state index contributed by atoms with van der Waals surface area (Å²) in [6.45, 7) is 8.21. The van der Waals surface area contributed by atoms with Gasteiger partial charge in [-0.2, -0.15) is 15.1 Å². The molecule has 0 fully saturated rings. The molecule has 0 spiro atoms. The van der Waals surface area contributed by atoms with Gasteiger partial charge in [0.2, 0.25) is 5.95 Å². The molecule has 0 aliphatic carbocycles. The van der Waals surface area contributed by atoms with Crippen LogP contribution < -0.4 is 11.1 Å². The van der Waals surface area contributed by atoms with E-state index in [1.165, 1.54) is 6.07 Å². The number of rotatable bonds is 5. The number of hydrogen-bond acceptors (Lipinski definition) is 6. The summed E-state index contributed by atoms with van der Waals surface area (Å²) in [5.74, 6) is -1.75. The molecular formula is C25H25F2N7. The standard InChI is InChI=1S/C25H25F2N7/c1-12(2)15-8-9-18(21(27)20(15)26)30-25-31-23(28)19-22(33-34(13(3)4)24(19)32-25)16-7-5-6-14-10-29-11-17(14)16/h5-9,11-13H,10H2,1-4H3,(H3,28,30,31,32). The summed E-state index contributed by atoms with van der Waals surface area (Å²) in [5, 5.41) is 8.21.